The molecule has 0 saturated heterocycles. The van der Waals surface area contributed by atoms with Crippen molar-refractivity contribution in [2.45, 2.75) is 4.90 Å². The second-order valence-electron chi connectivity index (χ2n) is 3.23. The Morgan fingerprint density at radius 1 is 1.05 bits per heavy atom. The van der Waals surface area contributed by atoms with Crippen LogP contribution in [0, 0.1) is 0 Å². The first kappa shape index (κ1) is 19.3. The van der Waals surface area contributed by atoms with E-state index in [1.54, 1.807) is 0 Å². The van der Waals surface area contributed by atoms with Crippen molar-refractivity contribution in [3.05, 3.63) is 18.2 Å². The van der Waals surface area contributed by atoms with E-state index in [0.29, 0.717) is 0 Å². The van der Waals surface area contributed by atoms with E-state index in [2.05, 4.69) is 0 Å². The molecular formula is C10H15KO7S. The van der Waals surface area contributed by atoms with E-state index >= 15 is 0 Å². The average molecular weight is 318 g/mol. The van der Waals surface area contributed by atoms with Crippen molar-refractivity contribution in [1.29, 1.82) is 0 Å². The Labute approximate surface area is 153 Å². The molecule has 0 bridgehead atoms. The predicted octanol–water partition coefficient (Wildman–Crippen LogP) is -0.973. The monoisotopic (exact) mass is 318 g/mol. The molecule has 19 heavy (non-hydrogen) atoms. The van der Waals surface area contributed by atoms with Crippen molar-refractivity contribution in [3.63, 3.8) is 0 Å². The molecule has 0 radical (unpaired) electrons. The van der Waals surface area contributed by atoms with Crippen molar-refractivity contribution in [2.24, 2.45) is 0 Å². The third-order valence-electron chi connectivity index (χ3n) is 1.90. The third kappa shape index (κ3) is 6.51. The number of hydrogen-bond acceptors (Lipinski definition) is 6. The van der Waals surface area contributed by atoms with E-state index in [1.165, 1.54) is 12.1 Å². The minimum absolute atomic E-state index is 0. The predicted molar refractivity (Wildman–Crippen MR) is 68.6 cm³/mol. The van der Waals surface area contributed by atoms with Gasteiger partial charge >= 0.3 is 51.4 Å². The third-order valence-corrected chi connectivity index (χ3v) is 2.78. The molecule has 9 heteroatoms. The molecule has 104 valence electrons. The SMILES string of the molecule is O=S(=O)(O)c1cc(OCCO)ccc1OCCO.[KH]. The van der Waals surface area contributed by atoms with Crippen LogP contribution in [0.3, 0.4) is 0 Å². The summed E-state index contributed by atoms with van der Waals surface area (Å²) in [6, 6.07) is 3.81. The van der Waals surface area contributed by atoms with Crippen LogP contribution in [0.5, 0.6) is 11.5 Å². The standard InChI is InChI=1S/C10H14O7S.K.H/c11-3-5-16-8-1-2-9(17-6-4-12)10(7-8)18(13,14)15;;/h1-2,7,11-12H,3-6H2,(H,13,14,15);;. The van der Waals surface area contributed by atoms with Gasteiger partial charge in [0.1, 0.15) is 29.6 Å². The molecule has 0 saturated carbocycles. The summed E-state index contributed by atoms with van der Waals surface area (Å²) in [6.45, 7) is -0.598. The van der Waals surface area contributed by atoms with Gasteiger partial charge in [-0.3, -0.25) is 4.55 Å². The molecule has 3 N–H and O–H groups in total. The summed E-state index contributed by atoms with van der Waals surface area (Å²) in [7, 11) is -4.46. The summed E-state index contributed by atoms with van der Waals surface area (Å²) in [4.78, 5) is -0.452. The van der Waals surface area contributed by atoms with Gasteiger partial charge in [-0.15, -0.1) is 0 Å². The molecule has 0 atom stereocenters. The Kier molecular flexibility index (Phi) is 9.40. The van der Waals surface area contributed by atoms with Crippen molar-refractivity contribution < 1.29 is 32.7 Å². The van der Waals surface area contributed by atoms with E-state index in [0.717, 1.165) is 6.07 Å². The Bertz CT molecular complexity index is 489. The van der Waals surface area contributed by atoms with E-state index in [1.807, 2.05) is 0 Å². The Hall–Kier alpha value is 0.286. The fraction of sp³-hybridized carbons (Fsp3) is 0.400. The van der Waals surface area contributed by atoms with Gasteiger partial charge < -0.3 is 19.7 Å². The molecule has 0 aromatic heterocycles. The molecule has 1 aromatic rings. The van der Waals surface area contributed by atoms with Crippen LogP contribution in [-0.2, 0) is 10.1 Å². The zero-order valence-electron chi connectivity index (χ0n) is 9.44. The number of aliphatic hydroxyl groups excluding tert-OH is 2. The second-order valence-corrected chi connectivity index (χ2v) is 4.62. The van der Waals surface area contributed by atoms with Gasteiger partial charge in [-0.25, -0.2) is 0 Å². The van der Waals surface area contributed by atoms with Crippen LogP contribution in [0.15, 0.2) is 23.1 Å². The maximum absolute atomic E-state index is 11.2. The number of benzene rings is 1. The molecule has 1 aromatic carbocycles. The first-order chi connectivity index (χ1) is 8.49. The molecule has 0 spiro atoms. The molecule has 7 nitrogen and oxygen atoms in total. The average Bonchev–Trinajstić information content (AvgIpc) is 2.33. The van der Waals surface area contributed by atoms with E-state index in [4.69, 9.17) is 24.2 Å². The molecular weight excluding hydrogens is 303 g/mol. The topological polar surface area (TPSA) is 113 Å². The van der Waals surface area contributed by atoms with Crippen LogP contribution in [0.1, 0.15) is 0 Å². The quantitative estimate of drug-likeness (QED) is 0.438. The Morgan fingerprint density at radius 3 is 2.16 bits per heavy atom. The summed E-state index contributed by atoms with van der Waals surface area (Å²) >= 11 is 0. The normalized spacial score (nSPS) is 10.7. The molecule has 0 fully saturated rings. The van der Waals surface area contributed by atoms with Crippen molar-refractivity contribution in [2.75, 3.05) is 26.4 Å². The van der Waals surface area contributed by atoms with Gasteiger partial charge in [-0.2, -0.15) is 8.42 Å². The zero-order valence-corrected chi connectivity index (χ0v) is 10.3. The fourth-order valence-corrected chi connectivity index (χ4v) is 1.86. The second kappa shape index (κ2) is 9.26. The van der Waals surface area contributed by atoms with Crippen LogP contribution in [0.25, 0.3) is 0 Å². The van der Waals surface area contributed by atoms with Crippen LogP contribution >= 0.6 is 0 Å². The van der Waals surface area contributed by atoms with Gasteiger partial charge in [0.25, 0.3) is 10.1 Å². The number of hydrogen-bond donors (Lipinski definition) is 3. The van der Waals surface area contributed by atoms with Gasteiger partial charge in [-0.1, -0.05) is 0 Å². The molecule has 0 heterocycles. The van der Waals surface area contributed by atoms with E-state index in [9.17, 15) is 8.42 Å². The van der Waals surface area contributed by atoms with E-state index in [-0.39, 0.29) is 89.3 Å². The molecule has 0 unspecified atom stereocenters. The van der Waals surface area contributed by atoms with Crippen LogP contribution in [0.4, 0.5) is 0 Å². The van der Waals surface area contributed by atoms with Gasteiger partial charge in [0.05, 0.1) is 13.2 Å². The van der Waals surface area contributed by atoms with Gasteiger partial charge in [-0.05, 0) is 12.1 Å². The van der Waals surface area contributed by atoms with Crippen molar-refractivity contribution in [3.8, 4) is 11.5 Å². The first-order valence-electron chi connectivity index (χ1n) is 5.08. The maximum atomic E-state index is 11.2. The molecule has 0 aliphatic heterocycles. The zero-order chi connectivity index (χ0) is 13.6. The van der Waals surface area contributed by atoms with Gasteiger partial charge in [0, 0.05) is 6.07 Å². The summed E-state index contributed by atoms with van der Waals surface area (Å²) in [6.07, 6.45) is 0. The van der Waals surface area contributed by atoms with E-state index < -0.39 is 15.0 Å². The van der Waals surface area contributed by atoms with Crippen molar-refractivity contribution >= 4 is 61.5 Å². The first-order valence-corrected chi connectivity index (χ1v) is 6.52. The number of rotatable bonds is 7. The Balaban J connectivity index is 0.00000324. The summed E-state index contributed by atoms with van der Waals surface area (Å²) in [5.41, 5.74) is 0. The summed E-state index contributed by atoms with van der Waals surface area (Å²) in [5.74, 6) is 0.0934. The molecule has 1 rings (SSSR count). The van der Waals surface area contributed by atoms with Crippen LogP contribution in [-0.4, -0.2) is 101 Å². The summed E-state index contributed by atoms with van der Waals surface area (Å²) < 4.78 is 41.3. The van der Waals surface area contributed by atoms with Crippen LogP contribution < -0.4 is 9.47 Å². The molecule has 0 aliphatic rings. The van der Waals surface area contributed by atoms with Gasteiger partial charge in [0.15, 0.2) is 0 Å². The van der Waals surface area contributed by atoms with Gasteiger partial charge in [0.2, 0.25) is 0 Å². The number of aliphatic hydroxyl groups is 2. The molecule has 0 amide bonds. The van der Waals surface area contributed by atoms with Crippen LogP contribution in [0.2, 0.25) is 0 Å². The molecule has 0 aliphatic carbocycles. The Morgan fingerprint density at radius 2 is 1.63 bits per heavy atom. The summed E-state index contributed by atoms with van der Waals surface area (Å²) in [5, 5.41) is 17.2. The van der Waals surface area contributed by atoms with Crippen molar-refractivity contribution in [1.82, 2.24) is 0 Å². The number of ether oxygens (including phenoxy) is 2. The minimum atomic E-state index is -4.46. The fourth-order valence-electron chi connectivity index (χ4n) is 1.22.